The zero-order chi connectivity index (χ0) is 12.6. The maximum absolute atomic E-state index is 6.79. The van der Waals surface area contributed by atoms with Crippen molar-refractivity contribution in [3.05, 3.63) is 21.4 Å². The van der Waals surface area contributed by atoms with Crippen LogP contribution in [-0.4, -0.2) is 0 Å². The van der Waals surface area contributed by atoms with Crippen LogP contribution in [-0.2, 0) is 0 Å². The van der Waals surface area contributed by atoms with E-state index in [4.69, 9.17) is 11.6 Å². The molecule has 0 aliphatic heterocycles. The van der Waals surface area contributed by atoms with Crippen LogP contribution >= 0.6 is 22.9 Å². The summed E-state index contributed by atoms with van der Waals surface area (Å²) < 4.78 is 0. The Hall–Kier alpha value is -0.0100. The van der Waals surface area contributed by atoms with E-state index in [0.29, 0.717) is 11.3 Å². The van der Waals surface area contributed by atoms with Crippen LogP contribution in [0.2, 0.25) is 0 Å². The lowest BCUT2D eigenvalue weighted by atomic mass is 9.66. The van der Waals surface area contributed by atoms with E-state index in [0.717, 1.165) is 0 Å². The summed E-state index contributed by atoms with van der Waals surface area (Å²) in [5.41, 5.74) is 1.78. The Labute approximate surface area is 114 Å². The van der Waals surface area contributed by atoms with E-state index in [1.165, 1.54) is 41.0 Å². The monoisotopic (exact) mass is 270 g/mol. The smallest absolute Gasteiger partial charge is 0.0629 e. The van der Waals surface area contributed by atoms with Crippen molar-refractivity contribution in [1.29, 1.82) is 0 Å². The van der Waals surface area contributed by atoms with Gasteiger partial charge < -0.3 is 0 Å². The predicted octanol–water partition coefficient (Wildman–Crippen LogP) is 5.86. The van der Waals surface area contributed by atoms with E-state index in [1.54, 1.807) is 0 Å². The summed E-state index contributed by atoms with van der Waals surface area (Å²) in [5.74, 6) is 0.630. The fraction of sp³-hybridized carbons (Fsp3) is 0.733. The first-order chi connectivity index (χ1) is 7.92. The Morgan fingerprint density at radius 2 is 2.06 bits per heavy atom. The molecule has 0 aromatic carbocycles. The number of halogens is 1. The van der Waals surface area contributed by atoms with Gasteiger partial charge in [0.1, 0.15) is 0 Å². The lowest BCUT2D eigenvalue weighted by Gasteiger charge is -2.41. The first-order valence-electron chi connectivity index (χ1n) is 6.63. The van der Waals surface area contributed by atoms with E-state index in [9.17, 15) is 0 Å². The van der Waals surface area contributed by atoms with Gasteiger partial charge in [-0.15, -0.1) is 22.9 Å². The number of aryl methyl sites for hydroxylation is 2. The summed E-state index contributed by atoms with van der Waals surface area (Å²) in [4.78, 5) is 2.79. The van der Waals surface area contributed by atoms with Gasteiger partial charge in [0, 0.05) is 9.75 Å². The maximum Gasteiger partial charge on any atom is 0.0629 e. The average molecular weight is 271 g/mol. The fourth-order valence-electron chi connectivity index (χ4n) is 3.20. The van der Waals surface area contributed by atoms with Crippen molar-refractivity contribution in [3.63, 3.8) is 0 Å². The van der Waals surface area contributed by atoms with Gasteiger partial charge in [-0.1, -0.05) is 26.7 Å². The zero-order valence-corrected chi connectivity index (χ0v) is 12.9. The molecule has 1 aliphatic carbocycles. The largest absolute Gasteiger partial charge is 0.146 e. The molecule has 96 valence electrons. The number of alkyl halides is 1. The molecule has 1 saturated carbocycles. The molecule has 1 heterocycles. The van der Waals surface area contributed by atoms with Gasteiger partial charge in [0.15, 0.2) is 0 Å². The summed E-state index contributed by atoms with van der Waals surface area (Å²) in [5, 5.41) is 0.204. The number of thiophene rings is 1. The van der Waals surface area contributed by atoms with Crippen molar-refractivity contribution < 1.29 is 0 Å². The Morgan fingerprint density at radius 3 is 2.59 bits per heavy atom. The van der Waals surface area contributed by atoms with Crippen LogP contribution in [0.1, 0.15) is 60.2 Å². The molecule has 0 spiro atoms. The molecule has 17 heavy (non-hydrogen) atoms. The quantitative estimate of drug-likeness (QED) is 0.590. The number of rotatable bonds is 2. The Bertz CT molecular complexity index is 392. The van der Waals surface area contributed by atoms with Crippen LogP contribution in [0, 0.1) is 25.2 Å². The third-order valence-electron chi connectivity index (χ3n) is 4.32. The highest BCUT2D eigenvalue weighted by Gasteiger charge is 2.38. The standard InChI is InChI=1S/C15H23ClS/c1-10-9-12(11(2)17-10)14(16)13-7-5-6-8-15(13,3)4/h9,13-14H,5-8H2,1-4H3. The molecule has 0 bridgehead atoms. The molecule has 2 rings (SSSR count). The molecular weight excluding hydrogens is 248 g/mol. The van der Waals surface area contributed by atoms with Crippen LogP contribution in [0.15, 0.2) is 6.07 Å². The minimum atomic E-state index is 0.204. The zero-order valence-electron chi connectivity index (χ0n) is 11.3. The topological polar surface area (TPSA) is 0 Å². The fourth-order valence-corrected chi connectivity index (χ4v) is 4.94. The first-order valence-corrected chi connectivity index (χ1v) is 7.88. The van der Waals surface area contributed by atoms with E-state index >= 15 is 0 Å². The van der Waals surface area contributed by atoms with Crippen LogP contribution in [0.4, 0.5) is 0 Å². The van der Waals surface area contributed by atoms with E-state index in [2.05, 4.69) is 33.8 Å². The van der Waals surface area contributed by atoms with Gasteiger partial charge in [0.05, 0.1) is 5.38 Å². The third kappa shape index (κ3) is 2.71. The summed E-state index contributed by atoms with van der Waals surface area (Å²) in [6.07, 6.45) is 5.33. The van der Waals surface area contributed by atoms with Gasteiger partial charge in [-0.2, -0.15) is 0 Å². The van der Waals surface area contributed by atoms with Crippen molar-refractivity contribution in [2.45, 2.75) is 58.8 Å². The molecule has 1 aromatic rings. The molecule has 0 nitrogen and oxygen atoms in total. The normalized spacial score (nSPS) is 25.8. The average Bonchev–Trinajstić information content (AvgIpc) is 2.56. The van der Waals surface area contributed by atoms with Crippen LogP contribution in [0.25, 0.3) is 0 Å². The molecule has 1 fully saturated rings. The summed E-state index contributed by atoms with van der Waals surface area (Å²) in [6, 6.07) is 2.29. The minimum Gasteiger partial charge on any atom is -0.146 e. The van der Waals surface area contributed by atoms with Crippen molar-refractivity contribution in [2.75, 3.05) is 0 Å². The highest BCUT2D eigenvalue weighted by Crippen LogP contribution is 2.50. The van der Waals surface area contributed by atoms with Crippen molar-refractivity contribution >= 4 is 22.9 Å². The molecule has 2 unspecified atom stereocenters. The Morgan fingerprint density at radius 1 is 1.35 bits per heavy atom. The molecule has 0 amide bonds. The van der Waals surface area contributed by atoms with Gasteiger partial charge in [0.2, 0.25) is 0 Å². The molecule has 0 radical (unpaired) electrons. The van der Waals surface area contributed by atoms with Gasteiger partial charge in [-0.3, -0.25) is 0 Å². The number of hydrogen-bond acceptors (Lipinski definition) is 1. The molecule has 0 N–H and O–H groups in total. The molecule has 0 saturated heterocycles. The summed E-state index contributed by atoms with van der Waals surface area (Å²) in [6.45, 7) is 9.16. The Balaban J connectivity index is 2.24. The van der Waals surface area contributed by atoms with Crippen LogP contribution < -0.4 is 0 Å². The van der Waals surface area contributed by atoms with Gasteiger partial charge in [-0.25, -0.2) is 0 Å². The number of hydrogen-bond donors (Lipinski definition) is 0. The first kappa shape index (κ1) is 13.4. The predicted molar refractivity (Wildman–Crippen MR) is 78.1 cm³/mol. The van der Waals surface area contributed by atoms with Crippen molar-refractivity contribution in [1.82, 2.24) is 0 Å². The highest BCUT2D eigenvalue weighted by molar-refractivity contribution is 7.12. The summed E-state index contributed by atoms with van der Waals surface area (Å²) in [7, 11) is 0. The molecule has 1 aromatic heterocycles. The second-order valence-corrected chi connectivity index (χ2v) is 8.04. The SMILES string of the molecule is Cc1cc(C(Cl)C2CCCCC2(C)C)c(C)s1. The van der Waals surface area contributed by atoms with E-state index in [-0.39, 0.29) is 5.38 Å². The second kappa shape index (κ2) is 4.93. The molecule has 2 heteroatoms. The molecule has 2 atom stereocenters. The lowest BCUT2D eigenvalue weighted by Crippen LogP contribution is -2.30. The minimum absolute atomic E-state index is 0.204. The molecular formula is C15H23ClS. The van der Waals surface area contributed by atoms with Crippen LogP contribution in [0.5, 0.6) is 0 Å². The van der Waals surface area contributed by atoms with Crippen LogP contribution in [0.3, 0.4) is 0 Å². The highest BCUT2D eigenvalue weighted by atomic mass is 35.5. The van der Waals surface area contributed by atoms with Crippen molar-refractivity contribution in [2.24, 2.45) is 11.3 Å². The lowest BCUT2D eigenvalue weighted by molar-refractivity contribution is 0.133. The van der Waals surface area contributed by atoms with Crippen molar-refractivity contribution in [3.8, 4) is 0 Å². The van der Waals surface area contributed by atoms with Gasteiger partial charge in [-0.05, 0) is 49.7 Å². The summed E-state index contributed by atoms with van der Waals surface area (Å²) >= 11 is 8.67. The Kier molecular flexibility index (Phi) is 3.89. The maximum atomic E-state index is 6.79. The third-order valence-corrected chi connectivity index (χ3v) is 5.84. The van der Waals surface area contributed by atoms with E-state index in [1.807, 2.05) is 11.3 Å². The molecule has 1 aliphatic rings. The second-order valence-electron chi connectivity index (χ2n) is 6.11. The van der Waals surface area contributed by atoms with E-state index < -0.39 is 0 Å². The van der Waals surface area contributed by atoms with Gasteiger partial charge in [0.25, 0.3) is 0 Å². The van der Waals surface area contributed by atoms with Gasteiger partial charge >= 0.3 is 0 Å².